The fourth-order valence-electron chi connectivity index (χ4n) is 11.8. The van der Waals surface area contributed by atoms with Gasteiger partial charge in [-0.25, -0.2) is 0 Å². The molecule has 0 fully saturated rings. The van der Waals surface area contributed by atoms with E-state index in [9.17, 15) is 0 Å². The molecule has 0 amide bonds. The van der Waals surface area contributed by atoms with Gasteiger partial charge in [0.05, 0.1) is 0 Å². The van der Waals surface area contributed by atoms with E-state index in [1.54, 1.807) is 0 Å². The van der Waals surface area contributed by atoms with Crippen LogP contribution < -0.4 is 26.2 Å². The Bertz CT molecular complexity index is 3920. The summed E-state index contributed by atoms with van der Waals surface area (Å²) >= 11 is 0. The van der Waals surface area contributed by atoms with Crippen LogP contribution in [-0.4, -0.2) is 6.71 Å². The number of benzene rings is 10. The molecule has 2 aliphatic rings. The van der Waals surface area contributed by atoms with Crippen LogP contribution in [-0.2, 0) is 10.8 Å². The SMILES string of the molecule is CC(C)(C)c1ccc2c(c1)N(c1ccc(-c3cccc4c3oc3ccccc34)cc1)c1cc(-c3ccccc3)cc3c1B2c1ccc(C(C)(C)C)cc1N3c1ccc(-c2cccc3c2oc2ccccc23)cc1. The van der Waals surface area contributed by atoms with E-state index in [4.69, 9.17) is 8.83 Å². The maximum Gasteiger partial charge on any atom is 0.252 e. The van der Waals surface area contributed by atoms with E-state index in [1.807, 2.05) is 12.1 Å². The van der Waals surface area contributed by atoms with Crippen molar-refractivity contribution in [1.82, 2.24) is 0 Å². The minimum absolute atomic E-state index is 0.0229. The van der Waals surface area contributed by atoms with Crippen LogP contribution in [0.3, 0.4) is 0 Å². The van der Waals surface area contributed by atoms with Crippen molar-refractivity contribution < 1.29 is 8.83 Å². The first kappa shape index (κ1) is 43.3. The largest absolute Gasteiger partial charge is 0.455 e. The molecular weight excluding hydrogens is 888 g/mol. The van der Waals surface area contributed by atoms with Gasteiger partial charge in [-0.15, -0.1) is 0 Å². The van der Waals surface area contributed by atoms with E-state index in [2.05, 4.69) is 252 Å². The molecule has 12 aromatic rings. The molecule has 0 unspecified atom stereocenters. The number of hydrogen-bond acceptors (Lipinski definition) is 4. The van der Waals surface area contributed by atoms with Crippen LogP contribution in [0.5, 0.6) is 0 Å². The zero-order valence-corrected chi connectivity index (χ0v) is 42.0. The number of rotatable bonds is 5. The minimum Gasteiger partial charge on any atom is -0.455 e. The molecule has 0 N–H and O–H groups in total. The van der Waals surface area contributed by atoms with Crippen molar-refractivity contribution in [2.24, 2.45) is 0 Å². The van der Waals surface area contributed by atoms with Gasteiger partial charge >= 0.3 is 0 Å². The molecule has 0 bridgehead atoms. The number of anilines is 6. The predicted molar refractivity (Wildman–Crippen MR) is 309 cm³/mol. The highest BCUT2D eigenvalue weighted by Crippen LogP contribution is 2.48. The maximum atomic E-state index is 6.56. The van der Waals surface area contributed by atoms with Crippen LogP contribution in [0.4, 0.5) is 34.1 Å². The van der Waals surface area contributed by atoms with Crippen molar-refractivity contribution in [1.29, 1.82) is 0 Å². The number of nitrogens with zero attached hydrogens (tertiary/aromatic N) is 2. The Balaban J connectivity index is 0.999. The third kappa shape index (κ3) is 6.82. The highest BCUT2D eigenvalue weighted by atomic mass is 16.3. The maximum absolute atomic E-state index is 6.56. The predicted octanol–water partition coefficient (Wildman–Crippen LogP) is 17.2. The summed E-state index contributed by atoms with van der Waals surface area (Å²) < 4.78 is 13.1. The van der Waals surface area contributed by atoms with Crippen LogP contribution in [0.1, 0.15) is 52.7 Å². The fraction of sp³-hybridized carbons (Fsp3) is 0.118. The van der Waals surface area contributed by atoms with Crippen molar-refractivity contribution in [3.05, 3.63) is 223 Å². The molecule has 4 heterocycles. The Morgan fingerprint density at radius 3 is 1.22 bits per heavy atom. The van der Waals surface area contributed by atoms with Crippen molar-refractivity contribution in [3.63, 3.8) is 0 Å². The standard InChI is InChI=1S/C68H53BN2O2/c1-67(2,3)46-30-36-56-58(40-46)70(48-32-26-43(27-33-48)50-20-14-22-54-52-18-10-12-24-62(52)72-65(50)54)60-38-45(42-16-8-7-9-17-42)39-61-64(60)69(56)57-37-31-47(68(4,5)6)41-59(57)71(61)49-34-28-44(29-35-49)51-21-15-23-55-53-19-11-13-25-63(53)73-66(51)55/h7-41H,1-6H3. The highest BCUT2D eigenvalue weighted by Gasteiger charge is 2.44. The molecule has 2 aromatic heterocycles. The van der Waals surface area contributed by atoms with Crippen molar-refractivity contribution >= 4 is 101 Å². The molecular formula is C68H53BN2O2. The van der Waals surface area contributed by atoms with Gasteiger partial charge in [0.1, 0.15) is 22.3 Å². The average Bonchev–Trinajstić information content (AvgIpc) is 3.99. The van der Waals surface area contributed by atoms with Gasteiger partial charge in [0.25, 0.3) is 6.71 Å². The number of furan rings is 2. The Morgan fingerprint density at radius 2 is 0.767 bits per heavy atom. The second kappa shape index (κ2) is 16.0. The Kier molecular flexibility index (Phi) is 9.47. The third-order valence-electron chi connectivity index (χ3n) is 15.6. The Labute approximate surface area is 426 Å². The number of fused-ring (bicyclic) bond motifs is 10. The van der Waals surface area contributed by atoms with Gasteiger partial charge in [-0.05, 0) is 121 Å². The average molecular weight is 941 g/mol. The number of hydrogen-bond donors (Lipinski definition) is 0. The lowest BCUT2D eigenvalue weighted by Crippen LogP contribution is -2.61. The molecule has 73 heavy (non-hydrogen) atoms. The summed E-state index contributed by atoms with van der Waals surface area (Å²) in [5.41, 5.74) is 23.7. The van der Waals surface area contributed by atoms with Crippen LogP contribution in [0.2, 0.25) is 0 Å². The second-order valence-corrected chi connectivity index (χ2v) is 22.1. The number of para-hydroxylation sites is 4. The van der Waals surface area contributed by atoms with Gasteiger partial charge < -0.3 is 18.6 Å². The lowest BCUT2D eigenvalue weighted by atomic mass is 9.33. The third-order valence-corrected chi connectivity index (χ3v) is 15.6. The topological polar surface area (TPSA) is 32.8 Å². The molecule has 10 aromatic carbocycles. The molecule has 0 aliphatic carbocycles. The zero-order valence-electron chi connectivity index (χ0n) is 42.0. The van der Waals surface area contributed by atoms with E-state index >= 15 is 0 Å². The summed E-state index contributed by atoms with van der Waals surface area (Å²) in [5, 5.41) is 4.53. The van der Waals surface area contributed by atoms with E-state index < -0.39 is 0 Å². The van der Waals surface area contributed by atoms with Gasteiger partial charge in [-0.2, -0.15) is 0 Å². The first-order valence-corrected chi connectivity index (χ1v) is 25.6. The first-order valence-electron chi connectivity index (χ1n) is 25.6. The van der Waals surface area contributed by atoms with Gasteiger partial charge in [0, 0.05) is 66.8 Å². The summed E-state index contributed by atoms with van der Waals surface area (Å²) in [4.78, 5) is 5.09. The van der Waals surface area contributed by atoms with Gasteiger partial charge in [0.2, 0.25) is 0 Å². The molecule has 5 heteroatoms. The molecule has 0 spiro atoms. The molecule has 0 radical (unpaired) electrons. The normalized spacial score (nSPS) is 13.3. The summed E-state index contributed by atoms with van der Waals surface area (Å²) in [7, 11) is 0. The van der Waals surface area contributed by atoms with Crippen LogP contribution >= 0.6 is 0 Å². The van der Waals surface area contributed by atoms with Crippen molar-refractivity contribution in [2.45, 2.75) is 52.4 Å². The van der Waals surface area contributed by atoms with Gasteiger partial charge in [-0.3, -0.25) is 0 Å². The molecule has 0 atom stereocenters. The van der Waals surface area contributed by atoms with Crippen LogP contribution in [0.25, 0.3) is 77.3 Å². The molecule has 350 valence electrons. The van der Waals surface area contributed by atoms with E-state index in [0.717, 1.165) is 83.1 Å². The lowest BCUT2D eigenvalue weighted by molar-refractivity contribution is 0.590. The Hall–Kier alpha value is -8.54. The smallest absolute Gasteiger partial charge is 0.252 e. The minimum atomic E-state index is -0.0713. The van der Waals surface area contributed by atoms with Crippen LogP contribution in [0.15, 0.2) is 221 Å². The summed E-state index contributed by atoms with van der Waals surface area (Å²) in [6, 6.07) is 78.2. The van der Waals surface area contributed by atoms with E-state index in [-0.39, 0.29) is 17.5 Å². The van der Waals surface area contributed by atoms with Crippen molar-refractivity contribution in [3.8, 4) is 33.4 Å². The van der Waals surface area contributed by atoms with Gasteiger partial charge in [-0.1, -0.05) is 193 Å². The fourth-order valence-corrected chi connectivity index (χ4v) is 11.8. The molecule has 0 saturated heterocycles. The quantitative estimate of drug-likeness (QED) is 0.161. The summed E-state index contributed by atoms with van der Waals surface area (Å²) in [5.74, 6) is 0. The van der Waals surface area contributed by atoms with E-state index in [1.165, 1.54) is 55.8 Å². The lowest BCUT2D eigenvalue weighted by Gasteiger charge is -2.45. The Morgan fingerprint density at radius 1 is 0.342 bits per heavy atom. The van der Waals surface area contributed by atoms with Crippen molar-refractivity contribution in [2.75, 3.05) is 9.80 Å². The molecule has 2 aliphatic heterocycles. The van der Waals surface area contributed by atoms with Crippen LogP contribution in [0, 0.1) is 0 Å². The monoisotopic (exact) mass is 940 g/mol. The van der Waals surface area contributed by atoms with E-state index in [0.29, 0.717) is 0 Å². The molecule has 14 rings (SSSR count). The molecule has 0 saturated carbocycles. The summed E-state index contributed by atoms with van der Waals surface area (Å²) in [6.45, 7) is 13.9. The zero-order chi connectivity index (χ0) is 49.3. The summed E-state index contributed by atoms with van der Waals surface area (Å²) in [6.07, 6.45) is 0. The van der Waals surface area contributed by atoms with Gasteiger partial charge in [0.15, 0.2) is 0 Å². The highest BCUT2D eigenvalue weighted by molar-refractivity contribution is 7.00. The second-order valence-electron chi connectivity index (χ2n) is 22.1. The molecule has 4 nitrogen and oxygen atoms in total. The first-order chi connectivity index (χ1) is 35.5.